The molecule has 0 spiro atoms. The van der Waals surface area contributed by atoms with Gasteiger partial charge in [0.25, 0.3) is 0 Å². The van der Waals surface area contributed by atoms with E-state index in [2.05, 4.69) is 88.0 Å². The fraction of sp³-hybridized carbons (Fsp3) is 0. The van der Waals surface area contributed by atoms with Gasteiger partial charge in [0.15, 0.2) is 0 Å². The molecule has 0 atom stereocenters. The van der Waals surface area contributed by atoms with Crippen LogP contribution in [0, 0.1) is 34.0 Å². The van der Waals surface area contributed by atoms with Gasteiger partial charge in [-0.1, -0.05) is 78.9 Å². The highest BCUT2D eigenvalue weighted by Gasteiger charge is 2.19. The molecule has 9 aromatic rings. The zero-order chi connectivity index (χ0) is 33.8. The molecule has 9 rings (SSSR count). The minimum absolute atomic E-state index is 0.548. The van der Waals surface area contributed by atoms with E-state index < -0.39 is 0 Å². The summed E-state index contributed by atoms with van der Waals surface area (Å²) in [6.45, 7) is 0. The summed E-state index contributed by atoms with van der Waals surface area (Å²) in [4.78, 5) is 0. The SMILES string of the molecule is N#Cc1cc(-c2ccc(-c3ccccc3)c(-n3c4ccccc4c4cc(C#N)ccc43)c2)cc(-n2c3ccccc3c3cc(C#N)ccc32)c1. The lowest BCUT2D eigenvalue weighted by atomic mass is 9.96. The zero-order valence-electron chi connectivity index (χ0n) is 26.7. The Morgan fingerprint density at radius 1 is 0.360 bits per heavy atom. The van der Waals surface area contributed by atoms with Crippen molar-refractivity contribution in [2.75, 3.05) is 0 Å². The number of benzene rings is 7. The smallest absolute Gasteiger partial charge is 0.0992 e. The molecule has 0 saturated carbocycles. The normalized spacial score (nSPS) is 11.1. The van der Waals surface area contributed by atoms with Crippen molar-refractivity contribution in [2.45, 2.75) is 0 Å². The Kier molecular flexibility index (Phi) is 6.56. The van der Waals surface area contributed by atoms with Crippen molar-refractivity contribution in [1.82, 2.24) is 9.13 Å². The molecule has 0 aliphatic carbocycles. The molecule has 0 amide bonds. The lowest BCUT2D eigenvalue weighted by molar-refractivity contribution is 1.17. The van der Waals surface area contributed by atoms with Gasteiger partial charge >= 0.3 is 0 Å². The van der Waals surface area contributed by atoms with Crippen LogP contribution in [0.4, 0.5) is 0 Å². The average Bonchev–Trinajstić information content (AvgIpc) is 3.69. The standard InChI is InChI=1S/C45H25N5/c46-26-29-14-18-43-39(22-29)37-10-4-6-12-41(37)49(43)35-21-31(28-48)20-34(24-35)33-16-17-36(32-8-2-1-3-9-32)45(25-33)50-42-13-7-5-11-38(42)40-23-30(27-47)15-19-44(40)50/h1-25H. The molecule has 5 nitrogen and oxygen atoms in total. The van der Waals surface area contributed by atoms with E-state index in [-0.39, 0.29) is 0 Å². The molecule has 50 heavy (non-hydrogen) atoms. The molecule has 0 saturated heterocycles. The highest BCUT2D eigenvalue weighted by molar-refractivity contribution is 6.11. The highest BCUT2D eigenvalue weighted by atomic mass is 15.0. The maximum absolute atomic E-state index is 10.3. The molecule has 2 heterocycles. The van der Waals surface area contributed by atoms with Gasteiger partial charge in [-0.05, 0) is 89.5 Å². The Balaban J connectivity index is 1.32. The maximum Gasteiger partial charge on any atom is 0.0992 e. The van der Waals surface area contributed by atoms with E-state index >= 15 is 0 Å². The topological polar surface area (TPSA) is 81.2 Å². The Bertz CT molecular complexity index is 2960. The van der Waals surface area contributed by atoms with E-state index in [1.807, 2.05) is 91.0 Å². The molecule has 2 aromatic heterocycles. The summed E-state index contributed by atoms with van der Waals surface area (Å²) in [5.41, 5.74) is 11.7. The molecular weight excluding hydrogens is 611 g/mol. The van der Waals surface area contributed by atoms with Crippen LogP contribution in [0.25, 0.3) is 77.2 Å². The molecule has 5 heteroatoms. The summed E-state index contributed by atoms with van der Waals surface area (Å²) in [7, 11) is 0. The van der Waals surface area contributed by atoms with Crippen molar-refractivity contribution < 1.29 is 0 Å². The average molecular weight is 636 g/mol. The first kappa shape index (κ1) is 28.8. The number of fused-ring (bicyclic) bond motifs is 6. The fourth-order valence-corrected chi connectivity index (χ4v) is 7.35. The highest BCUT2D eigenvalue weighted by Crippen LogP contribution is 2.40. The van der Waals surface area contributed by atoms with Crippen LogP contribution in [0.2, 0.25) is 0 Å². The summed E-state index contributed by atoms with van der Waals surface area (Å²) in [5.74, 6) is 0. The van der Waals surface area contributed by atoms with Crippen molar-refractivity contribution >= 4 is 43.6 Å². The molecule has 7 aromatic carbocycles. The van der Waals surface area contributed by atoms with Crippen LogP contribution in [-0.2, 0) is 0 Å². The van der Waals surface area contributed by atoms with Gasteiger partial charge in [0.05, 0.1) is 62.7 Å². The third-order valence-corrected chi connectivity index (χ3v) is 9.57. The number of nitriles is 3. The molecule has 0 N–H and O–H groups in total. The molecule has 0 bridgehead atoms. The molecule has 0 aliphatic rings. The summed E-state index contributed by atoms with van der Waals surface area (Å²) in [6, 6.07) is 57.9. The fourth-order valence-electron chi connectivity index (χ4n) is 7.35. The quantitative estimate of drug-likeness (QED) is 0.193. The largest absolute Gasteiger partial charge is 0.309 e. The van der Waals surface area contributed by atoms with Crippen LogP contribution >= 0.6 is 0 Å². The van der Waals surface area contributed by atoms with E-state index in [1.165, 1.54) is 0 Å². The summed E-state index contributed by atoms with van der Waals surface area (Å²) < 4.78 is 4.46. The van der Waals surface area contributed by atoms with Crippen molar-refractivity contribution in [1.29, 1.82) is 15.8 Å². The molecule has 0 unspecified atom stereocenters. The van der Waals surface area contributed by atoms with Gasteiger partial charge in [0.1, 0.15) is 0 Å². The van der Waals surface area contributed by atoms with E-state index in [0.717, 1.165) is 77.2 Å². The van der Waals surface area contributed by atoms with Crippen LogP contribution in [0.15, 0.2) is 152 Å². The summed E-state index contributed by atoms with van der Waals surface area (Å²) >= 11 is 0. The number of hydrogen-bond donors (Lipinski definition) is 0. The van der Waals surface area contributed by atoms with E-state index in [1.54, 1.807) is 0 Å². The van der Waals surface area contributed by atoms with Crippen LogP contribution in [0.5, 0.6) is 0 Å². The lowest BCUT2D eigenvalue weighted by Crippen LogP contribution is -1.99. The minimum Gasteiger partial charge on any atom is -0.309 e. The molecule has 0 fully saturated rings. The Labute approximate surface area is 287 Å². The van der Waals surface area contributed by atoms with Crippen LogP contribution in [0.1, 0.15) is 16.7 Å². The second kappa shape index (κ2) is 11.4. The first-order chi connectivity index (χ1) is 24.6. The van der Waals surface area contributed by atoms with Gasteiger partial charge in [-0.15, -0.1) is 0 Å². The second-order valence-electron chi connectivity index (χ2n) is 12.4. The first-order valence-corrected chi connectivity index (χ1v) is 16.3. The van der Waals surface area contributed by atoms with E-state index in [9.17, 15) is 15.8 Å². The molecule has 230 valence electrons. The second-order valence-corrected chi connectivity index (χ2v) is 12.4. The Morgan fingerprint density at radius 3 is 1.56 bits per heavy atom. The monoisotopic (exact) mass is 635 g/mol. The van der Waals surface area contributed by atoms with Gasteiger partial charge in [0.2, 0.25) is 0 Å². The maximum atomic E-state index is 10.3. The third kappa shape index (κ3) is 4.45. The van der Waals surface area contributed by atoms with Crippen LogP contribution < -0.4 is 0 Å². The predicted molar refractivity (Wildman–Crippen MR) is 200 cm³/mol. The van der Waals surface area contributed by atoms with Crippen molar-refractivity contribution in [3.05, 3.63) is 168 Å². The molecule has 0 radical (unpaired) electrons. The minimum atomic E-state index is 0.548. The zero-order valence-corrected chi connectivity index (χ0v) is 26.7. The number of rotatable bonds is 4. The van der Waals surface area contributed by atoms with Gasteiger partial charge < -0.3 is 9.13 Å². The van der Waals surface area contributed by atoms with Gasteiger partial charge in [-0.25, -0.2) is 0 Å². The number of hydrogen-bond acceptors (Lipinski definition) is 3. The van der Waals surface area contributed by atoms with Crippen molar-refractivity contribution in [3.8, 4) is 51.8 Å². The van der Waals surface area contributed by atoms with Gasteiger partial charge in [-0.3, -0.25) is 0 Å². The van der Waals surface area contributed by atoms with Gasteiger partial charge in [0, 0.05) is 32.8 Å². The number of para-hydroxylation sites is 2. The van der Waals surface area contributed by atoms with Crippen molar-refractivity contribution in [3.63, 3.8) is 0 Å². The van der Waals surface area contributed by atoms with Crippen LogP contribution in [-0.4, -0.2) is 9.13 Å². The summed E-state index contributed by atoms with van der Waals surface area (Å²) in [6.07, 6.45) is 0. The molecule has 0 aliphatic heterocycles. The summed E-state index contributed by atoms with van der Waals surface area (Å²) in [5, 5.41) is 33.8. The predicted octanol–water partition coefficient (Wildman–Crippen LogP) is 10.8. The number of aromatic nitrogens is 2. The van der Waals surface area contributed by atoms with E-state index in [0.29, 0.717) is 16.7 Å². The van der Waals surface area contributed by atoms with E-state index in [4.69, 9.17) is 0 Å². The lowest BCUT2D eigenvalue weighted by Gasteiger charge is -2.17. The van der Waals surface area contributed by atoms with Gasteiger partial charge in [-0.2, -0.15) is 15.8 Å². The Morgan fingerprint density at radius 2 is 0.920 bits per heavy atom. The van der Waals surface area contributed by atoms with Crippen LogP contribution in [0.3, 0.4) is 0 Å². The van der Waals surface area contributed by atoms with Crippen molar-refractivity contribution in [2.24, 2.45) is 0 Å². The first-order valence-electron chi connectivity index (χ1n) is 16.3. The Hall–Kier alpha value is -7.39. The third-order valence-electron chi connectivity index (χ3n) is 9.57. The number of nitrogens with zero attached hydrogens (tertiary/aromatic N) is 5. The molecular formula is C45H25N5.